The molecule has 0 aromatic rings. The first-order valence-electron chi connectivity index (χ1n) is 6.79. The maximum absolute atomic E-state index is 9.68. The number of rotatable bonds is 6. The standard InChI is InChI=1S/C9H20O.C6H12N2OS/c1-6-7-8(2,3)9(4,5)10;1-8-4-5(10-3)6(7)9-2/h10H,6-7H2,1-5H3;4H,7H2,1-3H3/b;6-5-,8-4?. The van der Waals surface area contributed by atoms with E-state index in [1.165, 1.54) is 18.9 Å². The van der Waals surface area contributed by atoms with Gasteiger partial charge < -0.3 is 15.6 Å². The van der Waals surface area contributed by atoms with Crippen LogP contribution in [0.2, 0.25) is 0 Å². The molecule has 20 heavy (non-hydrogen) atoms. The van der Waals surface area contributed by atoms with Crippen molar-refractivity contribution in [1.29, 1.82) is 0 Å². The van der Waals surface area contributed by atoms with Crippen molar-refractivity contribution in [2.45, 2.75) is 53.1 Å². The molecule has 0 aromatic heterocycles. The van der Waals surface area contributed by atoms with Crippen LogP contribution in [0.5, 0.6) is 0 Å². The Bertz CT molecular complexity index is 318. The lowest BCUT2D eigenvalue weighted by Crippen LogP contribution is -2.38. The van der Waals surface area contributed by atoms with E-state index in [4.69, 9.17) is 10.5 Å². The highest BCUT2D eigenvalue weighted by atomic mass is 32.2. The van der Waals surface area contributed by atoms with Gasteiger partial charge in [0.25, 0.3) is 0 Å². The molecule has 0 amide bonds. The van der Waals surface area contributed by atoms with Crippen LogP contribution in [-0.4, -0.2) is 37.3 Å². The Labute approximate surface area is 128 Å². The lowest BCUT2D eigenvalue weighted by molar-refractivity contribution is -0.0396. The summed E-state index contributed by atoms with van der Waals surface area (Å²) >= 11 is 1.51. The van der Waals surface area contributed by atoms with Gasteiger partial charge in [-0.1, -0.05) is 27.2 Å². The van der Waals surface area contributed by atoms with Gasteiger partial charge in [0.1, 0.15) is 0 Å². The molecule has 0 aliphatic heterocycles. The minimum absolute atomic E-state index is 0.0434. The lowest BCUT2D eigenvalue weighted by Gasteiger charge is -2.37. The second-order valence-corrected chi connectivity index (χ2v) is 6.57. The normalized spacial score (nSPS) is 13.7. The summed E-state index contributed by atoms with van der Waals surface area (Å²) in [5.41, 5.74) is 4.95. The molecule has 0 bridgehead atoms. The molecule has 0 aliphatic rings. The summed E-state index contributed by atoms with van der Waals surface area (Å²) in [5, 5.41) is 9.68. The number of hydrogen-bond donors (Lipinski definition) is 2. The van der Waals surface area contributed by atoms with Crippen LogP contribution >= 0.6 is 11.8 Å². The van der Waals surface area contributed by atoms with E-state index < -0.39 is 5.60 Å². The number of thioether (sulfide) groups is 1. The zero-order valence-corrected chi connectivity index (χ0v) is 15.1. The maximum atomic E-state index is 9.68. The van der Waals surface area contributed by atoms with Gasteiger partial charge in [0.05, 0.1) is 17.6 Å². The molecule has 0 fully saturated rings. The van der Waals surface area contributed by atoms with Crippen molar-refractivity contribution < 1.29 is 9.84 Å². The van der Waals surface area contributed by atoms with Gasteiger partial charge >= 0.3 is 0 Å². The van der Waals surface area contributed by atoms with Gasteiger partial charge in [-0.3, -0.25) is 4.99 Å². The molecule has 0 radical (unpaired) electrons. The second-order valence-electron chi connectivity index (χ2n) is 5.72. The molecule has 120 valence electrons. The van der Waals surface area contributed by atoms with Crippen LogP contribution in [0.15, 0.2) is 15.8 Å². The Morgan fingerprint density at radius 2 is 1.85 bits per heavy atom. The Kier molecular flexibility index (Phi) is 10.9. The Balaban J connectivity index is 0. The predicted octanol–water partition coefficient (Wildman–Crippen LogP) is 3.41. The number of aliphatic hydroxyl groups is 1. The van der Waals surface area contributed by atoms with Crippen molar-refractivity contribution in [3.05, 3.63) is 10.8 Å². The van der Waals surface area contributed by atoms with Crippen LogP contribution in [0.1, 0.15) is 47.5 Å². The monoisotopic (exact) mass is 304 g/mol. The highest BCUT2D eigenvalue weighted by Crippen LogP contribution is 2.34. The number of allylic oxidation sites excluding steroid dienone is 1. The first-order valence-corrected chi connectivity index (χ1v) is 8.02. The molecular weight excluding hydrogens is 272 g/mol. The van der Waals surface area contributed by atoms with Gasteiger partial charge in [0, 0.05) is 13.3 Å². The zero-order valence-electron chi connectivity index (χ0n) is 14.3. The third-order valence-corrected chi connectivity index (χ3v) is 4.21. The number of nitrogens with zero attached hydrogens (tertiary/aromatic N) is 1. The summed E-state index contributed by atoms with van der Waals surface area (Å²) in [6.45, 7) is 10.1. The molecule has 0 saturated heterocycles. The van der Waals surface area contributed by atoms with Crippen molar-refractivity contribution in [2.24, 2.45) is 16.1 Å². The van der Waals surface area contributed by atoms with Crippen molar-refractivity contribution in [3.63, 3.8) is 0 Å². The molecule has 0 rings (SSSR count). The van der Waals surface area contributed by atoms with Crippen LogP contribution < -0.4 is 5.73 Å². The highest BCUT2D eigenvalue weighted by molar-refractivity contribution is 8.03. The number of nitrogens with two attached hydrogens (primary N) is 1. The summed E-state index contributed by atoms with van der Waals surface area (Å²) in [6.07, 6.45) is 5.81. The molecule has 0 aliphatic carbocycles. The van der Waals surface area contributed by atoms with Gasteiger partial charge in [-0.25, -0.2) is 0 Å². The van der Waals surface area contributed by atoms with E-state index in [-0.39, 0.29) is 5.41 Å². The highest BCUT2D eigenvalue weighted by Gasteiger charge is 2.33. The van der Waals surface area contributed by atoms with Gasteiger partial charge in [-0.15, -0.1) is 11.8 Å². The van der Waals surface area contributed by atoms with E-state index in [0.29, 0.717) is 5.88 Å². The fourth-order valence-corrected chi connectivity index (χ4v) is 1.86. The fraction of sp³-hybridized carbons (Fsp3) is 0.800. The summed E-state index contributed by atoms with van der Waals surface area (Å²) in [5.74, 6) is 0.415. The van der Waals surface area contributed by atoms with Gasteiger partial charge in [0.15, 0.2) is 5.88 Å². The maximum Gasteiger partial charge on any atom is 0.199 e. The lowest BCUT2D eigenvalue weighted by atomic mass is 9.74. The van der Waals surface area contributed by atoms with Crippen LogP contribution in [0.25, 0.3) is 0 Å². The minimum atomic E-state index is -0.553. The van der Waals surface area contributed by atoms with Crippen molar-refractivity contribution in [3.8, 4) is 0 Å². The average Bonchev–Trinajstić information content (AvgIpc) is 2.34. The Morgan fingerprint density at radius 3 is 2.05 bits per heavy atom. The summed E-state index contributed by atoms with van der Waals surface area (Å²) in [7, 11) is 3.23. The third-order valence-electron chi connectivity index (χ3n) is 3.46. The predicted molar refractivity (Wildman–Crippen MR) is 91.1 cm³/mol. The molecule has 4 nitrogen and oxygen atoms in total. The summed E-state index contributed by atoms with van der Waals surface area (Å²) in [6, 6.07) is 0. The van der Waals surface area contributed by atoms with E-state index in [2.05, 4.69) is 25.8 Å². The molecule has 5 heteroatoms. The molecule has 0 aromatic carbocycles. The first-order chi connectivity index (χ1) is 9.07. The van der Waals surface area contributed by atoms with Crippen LogP contribution in [0.3, 0.4) is 0 Å². The minimum Gasteiger partial charge on any atom is -0.482 e. The molecule has 0 spiro atoms. The van der Waals surface area contributed by atoms with Crippen molar-refractivity contribution >= 4 is 18.0 Å². The first kappa shape index (κ1) is 21.6. The number of ether oxygens (including phenoxy) is 1. The molecule has 0 atom stereocenters. The third kappa shape index (κ3) is 8.48. The Hall–Kier alpha value is -0.680. The fourth-order valence-electron chi connectivity index (χ4n) is 1.37. The van der Waals surface area contributed by atoms with Crippen molar-refractivity contribution in [1.82, 2.24) is 0 Å². The zero-order chi connectivity index (χ0) is 16.4. The molecular formula is C15H32N2O2S. The Morgan fingerprint density at radius 1 is 1.35 bits per heavy atom. The molecule has 3 N–H and O–H groups in total. The van der Waals surface area contributed by atoms with Gasteiger partial charge in [0.2, 0.25) is 0 Å². The largest absolute Gasteiger partial charge is 0.482 e. The average molecular weight is 305 g/mol. The quantitative estimate of drug-likeness (QED) is 0.583. The summed E-state index contributed by atoms with van der Waals surface area (Å²) in [4.78, 5) is 4.66. The topological polar surface area (TPSA) is 67.8 Å². The number of aliphatic imine (C=N–C) groups is 1. The van der Waals surface area contributed by atoms with E-state index in [1.54, 1.807) is 13.3 Å². The number of hydrogen-bond acceptors (Lipinski definition) is 5. The smallest absolute Gasteiger partial charge is 0.199 e. The second kappa shape index (κ2) is 10.1. The SMILES string of the molecule is CCCC(C)(C)C(C)(C)O.CN=C/C(SC)=C(\N)OC. The van der Waals surface area contributed by atoms with E-state index in [0.717, 1.165) is 17.7 Å². The van der Waals surface area contributed by atoms with E-state index >= 15 is 0 Å². The van der Waals surface area contributed by atoms with Crippen LogP contribution in [0, 0.1) is 5.41 Å². The molecule has 0 heterocycles. The van der Waals surface area contributed by atoms with Crippen LogP contribution in [-0.2, 0) is 4.74 Å². The van der Waals surface area contributed by atoms with E-state index in [1.807, 2.05) is 20.1 Å². The van der Waals surface area contributed by atoms with Crippen molar-refractivity contribution in [2.75, 3.05) is 20.4 Å². The summed E-state index contributed by atoms with van der Waals surface area (Å²) < 4.78 is 4.80. The van der Waals surface area contributed by atoms with Crippen LogP contribution in [0.4, 0.5) is 0 Å². The van der Waals surface area contributed by atoms with E-state index in [9.17, 15) is 5.11 Å². The molecule has 0 saturated carbocycles. The van der Waals surface area contributed by atoms with Gasteiger partial charge in [-0.2, -0.15) is 0 Å². The van der Waals surface area contributed by atoms with Gasteiger partial charge in [-0.05, 0) is 31.9 Å². The molecule has 0 unspecified atom stereocenters. The number of methoxy groups -OCH3 is 1.